The van der Waals surface area contributed by atoms with Gasteiger partial charge in [0.05, 0.1) is 19.8 Å². The lowest BCUT2D eigenvalue weighted by molar-refractivity contribution is 0.0837. The first-order valence-electron chi connectivity index (χ1n) is 7.74. The van der Waals surface area contributed by atoms with E-state index in [1.54, 1.807) is 0 Å². The zero-order valence-corrected chi connectivity index (χ0v) is 13.3. The van der Waals surface area contributed by atoms with Gasteiger partial charge in [-0.1, -0.05) is 6.92 Å². The van der Waals surface area contributed by atoms with Crippen molar-refractivity contribution in [2.75, 3.05) is 33.0 Å². The lowest BCUT2D eigenvalue weighted by Crippen LogP contribution is -2.44. The Bertz CT molecular complexity index is 467. The second kappa shape index (κ2) is 7.38. The minimum atomic E-state index is 0.448. The Morgan fingerprint density at radius 3 is 2.90 bits per heavy atom. The SMILES string of the molecule is CCNC1CCOCC1Sc1ccc2c(c1)OCCCO2. The first kappa shape index (κ1) is 15.0. The lowest BCUT2D eigenvalue weighted by atomic mass is 10.1. The van der Waals surface area contributed by atoms with E-state index in [4.69, 9.17) is 14.2 Å². The molecule has 0 amide bonds. The Morgan fingerprint density at radius 2 is 2.05 bits per heavy atom. The second-order valence-corrected chi connectivity index (χ2v) is 6.66. The molecule has 0 saturated carbocycles. The summed E-state index contributed by atoms with van der Waals surface area (Å²) >= 11 is 1.87. The van der Waals surface area contributed by atoms with Gasteiger partial charge < -0.3 is 19.5 Å². The average molecular weight is 309 g/mol. The minimum Gasteiger partial charge on any atom is -0.490 e. The van der Waals surface area contributed by atoms with E-state index >= 15 is 0 Å². The molecule has 116 valence electrons. The van der Waals surface area contributed by atoms with Gasteiger partial charge in [0.1, 0.15) is 0 Å². The summed E-state index contributed by atoms with van der Waals surface area (Å²) in [7, 11) is 0. The minimum absolute atomic E-state index is 0.448. The molecule has 0 aliphatic carbocycles. The van der Waals surface area contributed by atoms with Crippen molar-refractivity contribution in [3.63, 3.8) is 0 Å². The van der Waals surface area contributed by atoms with Crippen molar-refractivity contribution < 1.29 is 14.2 Å². The Hall–Kier alpha value is -0.910. The van der Waals surface area contributed by atoms with Crippen LogP contribution in [-0.2, 0) is 4.74 Å². The van der Waals surface area contributed by atoms with Crippen LogP contribution < -0.4 is 14.8 Å². The van der Waals surface area contributed by atoms with Gasteiger partial charge in [-0.25, -0.2) is 0 Å². The standard InChI is InChI=1S/C16H23NO3S/c1-2-17-13-6-9-18-11-16(13)21-12-4-5-14-15(10-12)20-8-3-7-19-14/h4-5,10,13,16-17H,2-3,6-9,11H2,1H3. The third-order valence-electron chi connectivity index (χ3n) is 3.78. The Labute approximate surface area is 130 Å². The topological polar surface area (TPSA) is 39.7 Å². The zero-order valence-electron chi connectivity index (χ0n) is 12.5. The zero-order chi connectivity index (χ0) is 14.5. The number of hydrogen-bond donors (Lipinski definition) is 1. The summed E-state index contributed by atoms with van der Waals surface area (Å²) in [4.78, 5) is 1.22. The molecule has 1 N–H and O–H groups in total. The van der Waals surface area contributed by atoms with Gasteiger partial charge in [0.15, 0.2) is 11.5 Å². The van der Waals surface area contributed by atoms with Crippen LogP contribution in [0.3, 0.4) is 0 Å². The van der Waals surface area contributed by atoms with Crippen LogP contribution in [0.1, 0.15) is 19.8 Å². The van der Waals surface area contributed by atoms with Crippen LogP contribution in [0.5, 0.6) is 11.5 Å². The molecule has 1 aromatic rings. The fourth-order valence-electron chi connectivity index (χ4n) is 2.72. The normalized spacial score (nSPS) is 25.4. The molecule has 2 atom stereocenters. The monoisotopic (exact) mass is 309 g/mol. The Morgan fingerprint density at radius 1 is 1.19 bits per heavy atom. The summed E-state index contributed by atoms with van der Waals surface area (Å²) in [5.41, 5.74) is 0. The number of thioether (sulfide) groups is 1. The van der Waals surface area contributed by atoms with Crippen molar-refractivity contribution in [1.82, 2.24) is 5.32 Å². The predicted molar refractivity (Wildman–Crippen MR) is 84.6 cm³/mol. The fourth-order valence-corrected chi connectivity index (χ4v) is 3.95. The third-order valence-corrected chi connectivity index (χ3v) is 5.07. The van der Waals surface area contributed by atoms with Gasteiger partial charge in [0, 0.05) is 29.2 Å². The molecule has 1 saturated heterocycles. The van der Waals surface area contributed by atoms with Crippen molar-refractivity contribution in [1.29, 1.82) is 0 Å². The molecule has 0 radical (unpaired) electrons. The van der Waals surface area contributed by atoms with Gasteiger partial charge in [-0.05, 0) is 31.2 Å². The third kappa shape index (κ3) is 3.84. The van der Waals surface area contributed by atoms with Crippen LogP contribution in [0.15, 0.2) is 23.1 Å². The molecule has 2 unspecified atom stereocenters. The summed E-state index contributed by atoms with van der Waals surface area (Å²) in [5, 5.41) is 4.02. The Balaban J connectivity index is 1.70. The van der Waals surface area contributed by atoms with E-state index in [1.165, 1.54) is 4.90 Å². The molecule has 0 bridgehead atoms. The quantitative estimate of drug-likeness (QED) is 0.926. The lowest BCUT2D eigenvalue weighted by Gasteiger charge is -2.31. The highest BCUT2D eigenvalue weighted by atomic mass is 32.2. The summed E-state index contributed by atoms with van der Waals surface area (Å²) in [5.74, 6) is 1.73. The van der Waals surface area contributed by atoms with Gasteiger partial charge in [-0.2, -0.15) is 0 Å². The van der Waals surface area contributed by atoms with Crippen LogP contribution >= 0.6 is 11.8 Å². The number of rotatable bonds is 4. The smallest absolute Gasteiger partial charge is 0.162 e. The highest BCUT2D eigenvalue weighted by Gasteiger charge is 2.26. The van der Waals surface area contributed by atoms with E-state index in [0.29, 0.717) is 11.3 Å². The van der Waals surface area contributed by atoms with Crippen LogP contribution in [-0.4, -0.2) is 44.3 Å². The summed E-state index contributed by atoms with van der Waals surface area (Å²) < 4.78 is 17.1. The van der Waals surface area contributed by atoms with Crippen molar-refractivity contribution in [2.24, 2.45) is 0 Å². The van der Waals surface area contributed by atoms with Crippen molar-refractivity contribution in [2.45, 2.75) is 36.0 Å². The molecule has 0 spiro atoms. The average Bonchev–Trinajstić information content (AvgIpc) is 2.74. The van der Waals surface area contributed by atoms with E-state index in [2.05, 4.69) is 24.4 Å². The maximum atomic E-state index is 5.77. The summed E-state index contributed by atoms with van der Waals surface area (Å²) in [6, 6.07) is 6.76. The molecule has 5 heteroatoms. The van der Waals surface area contributed by atoms with Gasteiger partial charge in [-0.3, -0.25) is 0 Å². The molecule has 4 nitrogen and oxygen atoms in total. The van der Waals surface area contributed by atoms with E-state index in [1.807, 2.05) is 17.8 Å². The van der Waals surface area contributed by atoms with Crippen molar-refractivity contribution in [3.05, 3.63) is 18.2 Å². The van der Waals surface area contributed by atoms with Gasteiger partial charge in [-0.15, -0.1) is 11.8 Å². The molecule has 1 aromatic carbocycles. The number of nitrogens with one attached hydrogen (secondary N) is 1. The highest BCUT2D eigenvalue weighted by Crippen LogP contribution is 2.36. The van der Waals surface area contributed by atoms with Crippen molar-refractivity contribution in [3.8, 4) is 11.5 Å². The molecule has 2 aliphatic heterocycles. The molecule has 1 fully saturated rings. The van der Waals surface area contributed by atoms with Crippen LogP contribution in [0.2, 0.25) is 0 Å². The van der Waals surface area contributed by atoms with Gasteiger partial charge in [0.25, 0.3) is 0 Å². The van der Waals surface area contributed by atoms with E-state index < -0.39 is 0 Å². The largest absolute Gasteiger partial charge is 0.490 e. The van der Waals surface area contributed by atoms with Gasteiger partial charge in [0.2, 0.25) is 0 Å². The van der Waals surface area contributed by atoms with Crippen LogP contribution in [0.4, 0.5) is 0 Å². The number of benzene rings is 1. The molecular formula is C16H23NO3S. The maximum Gasteiger partial charge on any atom is 0.162 e. The Kier molecular flexibility index (Phi) is 5.27. The second-order valence-electron chi connectivity index (χ2n) is 5.34. The first-order chi connectivity index (χ1) is 10.4. The van der Waals surface area contributed by atoms with Crippen LogP contribution in [0, 0.1) is 0 Å². The van der Waals surface area contributed by atoms with Gasteiger partial charge >= 0.3 is 0 Å². The molecule has 21 heavy (non-hydrogen) atoms. The molecule has 2 aliphatic rings. The summed E-state index contributed by atoms with van der Waals surface area (Å²) in [6.07, 6.45) is 2.02. The number of fused-ring (bicyclic) bond motifs is 1. The molecule has 2 heterocycles. The van der Waals surface area contributed by atoms with E-state index in [-0.39, 0.29) is 0 Å². The first-order valence-corrected chi connectivity index (χ1v) is 8.62. The molecule has 3 rings (SSSR count). The highest BCUT2D eigenvalue weighted by molar-refractivity contribution is 8.00. The van der Waals surface area contributed by atoms with E-state index in [9.17, 15) is 0 Å². The maximum absolute atomic E-state index is 5.77. The van der Waals surface area contributed by atoms with Crippen molar-refractivity contribution >= 4 is 11.8 Å². The fraction of sp³-hybridized carbons (Fsp3) is 0.625. The predicted octanol–water partition coefficient (Wildman–Crippen LogP) is 2.71. The van der Waals surface area contributed by atoms with Crippen LogP contribution in [0.25, 0.3) is 0 Å². The van der Waals surface area contributed by atoms with E-state index in [0.717, 1.165) is 57.3 Å². The summed E-state index contributed by atoms with van der Waals surface area (Å²) in [6.45, 7) is 6.28. The molecular weight excluding hydrogens is 286 g/mol. The number of ether oxygens (including phenoxy) is 3. The molecule has 0 aromatic heterocycles. The number of hydrogen-bond acceptors (Lipinski definition) is 5.